The fraction of sp³-hybridized carbons (Fsp3) is 0.688. The Bertz CT molecular complexity index is 248. The van der Waals surface area contributed by atoms with Crippen molar-refractivity contribution in [2.45, 2.75) is 66.2 Å². The molecule has 0 saturated carbocycles. The molecule has 0 aliphatic carbocycles. The van der Waals surface area contributed by atoms with Gasteiger partial charge in [-0.1, -0.05) is 51.7 Å². The van der Waals surface area contributed by atoms with Gasteiger partial charge in [-0.2, -0.15) is 0 Å². The van der Waals surface area contributed by atoms with Gasteiger partial charge in [0.2, 0.25) is 0 Å². The SMILES string of the molecule is C\C=C/C(=C\N=C/C)C(CC)CCCCCC. The Kier molecular flexibility index (Phi) is 11.0. The molecule has 0 bridgehead atoms. The maximum atomic E-state index is 4.27. The van der Waals surface area contributed by atoms with Crippen molar-refractivity contribution >= 4 is 6.21 Å². The van der Waals surface area contributed by atoms with Crippen LogP contribution in [0.15, 0.2) is 28.9 Å². The summed E-state index contributed by atoms with van der Waals surface area (Å²) in [4.78, 5) is 4.27. The first-order chi connectivity index (χ1) is 8.29. The average Bonchev–Trinajstić information content (AvgIpc) is 2.35. The molecule has 0 aromatic rings. The summed E-state index contributed by atoms with van der Waals surface area (Å²) < 4.78 is 0. The van der Waals surface area contributed by atoms with E-state index in [1.807, 2.05) is 19.3 Å². The lowest BCUT2D eigenvalue weighted by molar-refractivity contribution is 0.504. The molecule has 0 fully saturated rings. The monoisotopic (exact) mass is 235 g/mol. The van der Waals surface area contributed by atoms with E-state index in [4.69, 9.17) is 0 Å². The molecule has 98 valence electrons. The van der Waals surface area contributed by atoms with Crippen molar-refractivity contribution < 1.29 is 0 Å². The minimum absolute atomic E-state index is 0.673. The van der Waals surface area contributed by atoms with Gasteiger partial charge in [-0.25, -0.2) is 0 Å². The molecule has 0 radical (unpaired) electrons. The van der Waals surface area contributed by atoms with E-state index in [1.165, 1.54) is 44.1 Å². The molecule has 0 rings (SSSR count). The number of allylic oxidation sites excluding steroid dienone is 3. The topological polar surface area (TPSA) is 12.4 Å². The lowest BCUT2D eigenvalue weighted by Crippen LogP contribution is -2.01. The number of unbranched alkanes of at least 4 members (excludes halogenated alkanes) is 3. The fourth-order valence-electron chi connectivity index (χ4n) is 2.06. The van der Waals surface area contributed by atoms with Crippen LogP contribution in [0.3, 0.4) is 0 Å². The highest BCUT2D eigenvalue weighted by molar-refractivity contribution is 5.54. The Morgan fingerprint density at radius 1 is 1.12 bits per heavy atom. The second kappa shape index (κ2) is 11.6. The molecule has 17 heavy (non-hydrogen) atoms. The largest absolute Gasteiger partial charge is 0.269 e. The molecule has 0 N–H and O–H groups in total. The van der Waals surface area contributed by atoms with Gasteiger partial charge in [0.05, 0.1) is 0 Å². The number of hydrogen-bond acceptors (Lipinski definition) is 1. The van der Waals surface area contributed by atoms with Crippen molar-refractivity contribution in [3.8, 4) is 0 Å². The zero-order chi connectivity index (χ0) is 12.9. The number of nitrogens with zero attached hydrogens (tertiary/aromatic N) is 1. The van der Waals surface area contributed by atoms with E-state index < -0.39 is 0 Å². The number of rotatable bonds is 9. The highest BCUT2D eigenvalue weighted by atomic mass is 14.7. The molecule has 0 heterocycles. The fourth-order valence-corrected chi connectivity index (χ4v) is 2.06. The highest BCUT2D eigenvalue weighted by Gasteiger charge is 2.09. The van der Waals surface area contributed by atoms with Crippen molar-refractivity contribution in [1.29, 1.82) is 0 Å². The van der Waals surface area contributed by atoms with Gasteiger partial charge in [0, 0.05) is 12.4 Å². The third-order valence-electron chi connectivity index (χ3n) is 3.10. The second-order valence-corrected chi connectivity index (χ2v) is 4.49. The zero-order valence-electron chi connectivity index (χ0n) is 12.1. The Morgan fingerprint density at radius 3 is 2.41 bits per heavy atom. The van der Waals surface area contributed by atoms with Gasteiger partial charge in [0.25, 0.3) is 0 Å². The Morgan fingerprint density at radius 2 is 1.88 bits per heavy atom. The number of aliphatic imine (C=N–C) groups is 1. The molecule has 1 heteroatoms. The van der Waals surface area contributed by atoms with Gasteiger partial charge < -0.3 is 0 Å². The summed E-state index contributed by atoms with van der Waals surface area (Å²) in [6.07, 6.45) is 16.1. The van der Waals surface area contributed by atoms with Crippen LogP contribution in [0, 0.1) is 5.92 Å². The zero-order valence-corrected chi connectivity index (χ0v) is 12.1. The summed E-state index contributed by atoms with van der Waals surface area (Å²) >= 11 is 0. The predicted octanol–water partition coefficient (Wildman–Crippen LogP) is 5.53. The van der Waals surface area contributed by atoms with Crippen molar-refractivity contribution in [2.75, 3.05) is 0 Å². The van der Waals surface area contributed by atoms with E-state index in [2.05, 4.69) is 37.9 Å². The molecule has 1 atom stereocenters. The predicted molar refractivity (Wildman–Crippen MR) is 79.6 cm³/mol. The average molecular weight is 235 g/mol. The van der Waals surface area contributed by atoms with E-state index in [0.717, 1.165) is 0 Å². The van der Waals surface area contributed by atoms with Crippen molar-refractivity contribution in [3.05, 3.63) is 23.9 Å². The Hall–Kier alpha value is -0.850. The first kappa shape index (κ1) is 16.1. The molecular weight excluding hydrogens is 206 g/mol. The smallest absolute Gasteiger partial charge is 0.0298 e. The van der Waals surface area contributed by atoms with Crippen molar-refractivity contribution in [3.63, 3.8) is 0 Å². The Balaban J connectivity index is 4.35. The second-order valence-electron chi connectivity index (χ2n) is 4.49. The molecule has 1 unspecified atom stereocenters. The van der Waals surface area contributed by atoms with Gasteiger partial charge >= 0.3 is 0 Å². The van der Waals surface area contributed by atoms with Crippen LogP contribution in [0.4, 0.5) is 0 Å². The maximum Gasteiger partial charge on any atom is 0.0298 e. The molecule has 1 nitrogen and oxygen atoms in total. The summed E-state index contributed by atoms with van der Waals surface area (Å²) in [5, 5.41) is 0. The van der Waals surface area contributed by atoms with Crippen LogP contribution >= 0.6 is 0 Å². The lowest BCUT2D eigenvalue weighted by atomic mass is 9.90. The molecule has 0 spiro atoms. The first-order valence-electron chi connectivity index (χ1n) is 7.10. The normalized spacial score (nSPS) is 14.9. The minimum atomic E-state index is 0.673. The van der Waals surface area contributed by atoms with Crippen molar-refractivity contribution in [1.82, 2.24) is 0 Å². The molecule has 0 saturated heterocycles. The van der Waals surface area contributed by atoms with E-state index in [0.29, 0.717) is 5.92 Å². The number of hydrogen-bond donors (Lipinski definition) is 0. The summed E-state index contributed by atoms with van der Waals surface area (Å²) in [5.41, 5.74) is 1.38. The van der Waals surface area contributed by atoms with E-state index in [-0.39, 0.29) is 0 Å². The summed E-state index contributed by atoms with van der Waals surface area (Å²) in [5.74, 6) is 0.673. The van der Waals surface area contributed by atoms with Gasteiger partial charge in [-0.05, 0) is 38.2 Å². The molecule has 0 aliphatic heterocycles. The molecule has 0 aromatic carbocycles. The van der Waals surface area contributed by atoms with Crippen LogP contribution < -0.4 is 0 Å². The minimum Gasteiger partial charge on any atom is -0.269 e. The van der Waals surface area contributed by atoms with E-state index in [1.54, 1.807) is 0 Å². The van der Waals surface area contributed by atoms with Gasteiger partial charge in [0.15, 0.2) is 0 Å². The third kappa shape index (κ3) is 7.95. The van der Waals surface area contributed by atoms with Gasteiger partial charge in [-0.3, -0.25) is 4.99 Å². The molecule has 0 amide bonds. The highest BCUT2D eigenvalue weighted by Crippen LogP contribution is 2.23. The lowest BCUT2D eigenvalue weighted by Gasteiger charge is -2.15. The van der Waals surface area contributed by atoms with Gasteiger partial charge in [-0.15, -0.1) is 0 Å². The summed E-state index contributed by atoms with van der Waals surface area (Å²) in [6.45, 7) is 8.58. The third-order valence-corrected chi connectivity index (χ3v) is 3.10. The van der Waals surface area contributed by atoms with E-state index in [9.17, 15) is 0 Å². The molecule has 0 aromatic heterocycles. The van der Waals surface area contributed by atoms with Crippen LogP contribution in [0.25, 0.3) is 0 Å². The summed E-state index contributed by atoms with van der Waals surface area (Å²) in [6, 6.07) is 0. The molecule has 0 aliphatic rings. The van der Waals surface area contributed by atoms with Crippen LogP contribution in [-0.2, 0) is 0 Å². The van der Waals surface area contributed by atoms with Crippen LogP contribution in [-0.4, -0.2) is 6.21 Å². The van der Waals surface area contributed by atoms with E-state index >= 15 is 0 Å². The van der Waals surface area contributed by atoms with Crippen LogP contribution in [0.1, 0.15) is 66.2 Å². The van der Waals surface area contributed by atoms with Gasteiger partial charge in [0.1, 0.15) is 0 Å². The van der Waals surface area contributed by atoms with Crippen LogP contribution in [0.2, 0.25) is 0 Å². The summed E-state index contributed by atoms with van der Waals surface area (Å²) in [7, 11) is 0. The first-order valence-corrected chi connectivity index (χ1v) is 7.10. The Labute approximate surface area is 108 Å². The standard InChI is InChI=1S/C16H29N/c1-5-9-10-11-13-15(7-3)16(12-6-2)14-17-8-4/h6,8,12,14-15H,5,7,9-11,13H2,1-4H3/b12-6-,16-14+,17-8-. The van der Waals surface area contributed by atoms with Crippen molar-refractivity contribution in [2.24, 2.45) is 10.9 Å². The molecular formula is C16H29N. The quantitative estimate of drug-likeness (QED) is 0.283. The van der Waals surface area contributed by atoms with Crippen LogP contribution in [0.5, 0.6) is 0 Å². The maximum absolute atomic E-state index is 4.27.